The van der Waals surface area contributed by atoms with Crippen LogP contribution in [0.3, 0.4) is 0 Å². The molecule has 2 aromatic carbocycles. The molecule has 1 aliphatic rings. The molecule has 0 spiro atoms. The van der Waals surface area contributed by atoms with Crippen LogP contribution in [0, 0.1) is 11.6 Å². The molecular formula is C17H14ClF2N3O2. The second-order valence-electron chi connectivity index (χ2n) is 5.60. The lowest BCUT2D eigenvalue weighted by molar-refractivity contribution is -0.117. The summed E-state index contributed by atoms with van der Waals surface area (Å²) < 4.78 is 26.7. The van der Waals surface area contributed by atoms with E-state index in [0.717, 1.165) is 18.2 Å². The van der Waals surface area contributed by atoms with Gasteiger partial charge >= 0.3 is 6.03 Å². The highest BCUT2D eigenvalue weighted by Gasteiger charge is 2.31. The number of nitrogens with one attached hydrogen (secondary N) is 2. The third-order valence-electron chi connectivity index (χ3n) is 3.78. The van der Waals surface area contributed by atoms with Gasteiger partial charge < -0.3 is 15.5 Å². The maximum atomic E-state index is 13.5. The summed E-state index contributed by atoms with van der Waals surface area (Å²) in [5.41, 5.74) is 0.409. The van der Waals surface area contributed by atoms with E-state index in [2.05, 4.69) is 10.6 Å². The number of urea groups is 1. The van der Waals surface area contributed by atoms with Gasteiger partial charge in [0.05, 0.1) is 11.7 Å². The van der Waals surface area contributed by atoms with Crippen LogP contribution in [-0.4, -0.2) is 24.5 Å². The molecule has 25 heavy (non-hydrogen) atoms. The van der Waals surface area contributed by atoms with Gasteiger partial charge in [0.1, 0.15) is 11.6 Å². The van der Waals surface area contributed by atoms with E-state index in [1.54, 1.807) is 24.3 Å². The standard InChI is InChI=1S/C17H14ClF2N3O2/c18-10-1-4-13(5-2-10)23-9-12(8-16(23)24)21-17(25)22-15-7-11(19)3-6-14(15)20/h1-7,12H,8-9H2,(H2,21,22,25)/t12-/m1/s1. The predicted molar refractivity (Wildman–Crippen MR) is 90.7 cm³/mol. The molecule has 1 heterocycles. The van der Waals surface area contributed by atoms with Crippen molar-refractivity contribution < 1.29 is 18.4 Å². The van der Waals surface area contributed by atoms with Crippen LogP contribution in [0.1, 0.15) is 6.42 Å². The fourth-order valence-corrected chi connectivity index (χ4v) is 2.74. The van der Waals surface area contributed by atoms with Crippen molar-refractivity contribution in [1.82, 2.24) is 5.32 Å². The molecule has 1 saturated heterocycles. The van der Waals surface area contributed by atoms with Crippen molar-refractivity contribution in [3.63, 3.8) is 0 Å². The van der Waals surface area contributed by atoms with E-state index in [4.69, 9.17) is 11.6 Å². The van der Waals surface area contributed by atoms with E-state index in [-0.39, 0.29) is 24.6 Å². The van der Waals surface area contributed by atoms with Crippen LogP contribution in [0.15, 0.2) is 42.5 Å². The van der Waals surface area contributed by atoms with Crippen LogP contribution in [0.5, 0.6) is 0 Å². The molecule has 8 heteroatoms. The van der Waals surface area contributed by atoms with Crippen LogP contribution in [0.2, 0.25) is 5.02 Å². The second-order valence-corrected chi connectivity index (χ2v) is 6.04. The molecule has 0 saturated carbocycles. The summed E-state index contributed by atoms with van der Waals surface area (Å²) in [6.07, 6.45) is 0.113. The Hall–Kier alpha value is -2.67. The summed E-state index contributed by atoms with van der Waals surface area (Å²) in [5, 5.41) is 5.39. The zero-order valence-electron chi connectivity index (χ0n) is 12.9. The van der Waals surface area contributed by atoms with Crippen molar-refractivity contribution in [3.8, 4) is 0 Å². The average molecular weight is 366 g/mol. The zero-order chi connectivity index (χ0) is 18.0. The van der Waals surface area contributed by atoms with Crippen molar-refractivity contribution >= 4 is 34.9 Å². The van der Waals surface area contributed by atoms with Crippen molar-refractivity contribution in [3.05, 3.63) is 59.1 Å². The summed E-state index contributed by atoms with van der Waals surface area (Å²) in [5.74, 6) is -1.56. The number of amides is 3. The van der Waals surface area contributed by atoms with E-state index in [0.29, 0.717) is 10.7 Å². The van der Waals surface area contributed by atoms with Crippen LogP contribution in [0.25, 0.3) is 0 Å². The molecule has 1 atom stereocenters. The molecule has 1 fully saturated rings. The van der Waals surface area contributed by atoms with Gasteiger partial charge in [0.2, 0.25) is 5.91 Å². The average Bonchev–Trinajstić information content (AvgIpc) is 2.92. The molecule has 0 aliphatic carbocycles. The lowest BCUT2D eigenvalue weighted by atomic mass is 10.2. The number of hydrogen-bond acceptors (Lipinski definition) is 2. The summed E-state index contributed by atoms with van der Waals surface area (Å²) in [6.45, 7) is 0.277. The van der Waals surface area contributed by atoms with Crippen LogP contribution in [0.4, 0.5) is 25.0 Å². The van der Waals surface area contributed by atoms with E-state index in [1.807, 2.05) is 0 Å². The third-order valence-corrected chi connectivity index (χ3v) is 4.03. The summed E-state index contributed by atoms with van der Waals surface area (Å²) in [4.78, 5) is 25.6. The Labute approximate surface area is 147 Å². The Balaban J connectivity index is 1.62. The van der Waals surface area contributed by atoms with Gasteiger partial charge in [0.25, 0.3) is 0 Å². The summed E-state index contributed by atoms with van der Waals surface area (Å²) in [6, 6.07) is 8.38. The van der Waals surface area contributed by atoms with Gasteiger partial charge in [-0.1, -0.05) is 11.6 Å². The number of hydrogen-bond donors (Lipinski definition) is 2. The Morgan fingerprint density at radius 2 is 1.88 bits per heavy atom. The maximum absolute atomic E-state index is 13.5. The first-order valence-corrected chi connectivity index (χ1v) is 7.88. The highest BCUT2D eigenvalue weighted by Crippen LogP contribution is 2.23. The molecule has 0 radical (unpaired) electrons. The minimum atomic E-state index is -0.748. The fraction of sp³-hybridized carbons (Fsp3) is 0.176. The maximum Gasteiger partial charge on any atom is 0.319 e. The van der Waals surface area contributed by atoms with Crippen LogP contribution in [-0.2, 0) is 4.79 Å². The molecule has 3 rings (SSSR count). The smallest absolute Gasteiger partial charge is 0.319 e. The number of carbonyl (C=O) groups is 2. The Morgan fingerprint density at radius 3 is 2.60 bits per heavy atom. The zero-order valence-corrected chi connectivity index (χ0v) is 13.7. The van der Waals surface area contributed by atoms with Gasteiger partial charge in [0.15, 0.2) is 0 Å². The third kappa shape index (κ3) is 4.06. The second kappa shape index (κ2) is 7.06. The van der Waals surface area contributed by atoms with Gasteiger partial charge in [-0.25, -0.2) is 13.6 Å². The topological polar surface area (TPSA) is 61.4 Å². The van der Waals surface area contributed by atoms with E-state index >= 15 is 0 Å². The quantitative estimate of drug-likeness (QED) is 0.873. The molecule has 0 aromatic heterocycles. The van der Waals surface area contributed by atoms with Crippen LogP contribution >= 0.6 is 11.6 Å². The normalized spacial score (nSPS) is 16.8. The number of rotatable bonds is 3. The van der Waals surface area contributed by atoms with E-state index < -0.39 is 23.7 Å². The lowest BCUT2D eigenvalue weighted by Crippen LogP contribution is -2.39. The highest BCUT2D eigenvalue weighted by atomic mass is 35.5. The van der Waals surface area contributed by atoms with Crippen molar-refractivity contribution in [2.45, 2.75) is 12.5 Å². The monoisotopic (exact) mass is 365 g/mol. The largest absolute Gasteiger partial charge is 0.333 e. The van der Waals surface area contributed by atoms with Crippen LogP contribution < -0.4 is 15.5 Å². The lowest BCUT2D eigenvalue weighted by Gasteiger charge is -2.17. The SMILES string of the molecule is O=C(Nc1cc(F)ccc1F)N[C@@H]1CC(=O)N(c2ccc(Cl)cc2)C1. The van der Waals surface area contributed by atoms with Crippen molar-refractivity contribution in [1.29, 1.82) is 0 Å². The Kier molecular flexibility index (Phi) is 4.85. The molecule has 5 nitrogen and oxygen atoms in total. The first kappa shape index (κ1) is 17.2. The molecule has 130 valence electrons. The first-order valence-electron chi connectivity index (χ1n) is 7.51. The van der Waals surface area contributed by atoms with Gasteiger partial charge in [-0.15, -0.1) is 0 Å². The number of nitrogens with zero attached hydrogens (tertiary/aromatic N) is 1. The predicted octanol–water partition coefficient (Wildman–Crippen LogP) is 3.55. The molecule has 0 bridgehead atoms. The minimum Gasteiger partial charge on any atom is -0.333 e. The Morgan fingerprint density at radius 1 is 1.16 bits per heavy atom. The van der Waals surface area contributed by atoms with Crippen molar-refractivity contribution in [2.75, 3.05) is 16.8 Å². The first-order chi connectivity index (χ1) is 11.9. The molecule has 1 aliphatic heterocycles. The van der Waals surface area contributed by atoms with E-state index in [1.165, 1.54) is 4.90 Å². The minimum absolute atomic E-state index is 0.113. The molecule has 2 N–H and O–H groups in total. The van der Waals surface area contributed by atoms with Gasteiger partial charge in [-0.2, -0.15) is 0 Å². The summed E-state index contributed by atoms with van der Waals surface area (Å²) in [7, 11) is 0. The molecular weight excluding hydrogens is 352 g/mol. The van der Waals surface area contributed by atoms with E-state index in [9.17, 15) is 18.4 Å². The molecule has 3 amide bonds. The highest BCUT2D eigenvalue weighted by molar-refractivity contribution is 6.30. The van der Waals surface area contributed by atoms with Crippen molar-refractivity contribution in [2.24, 2.45) is 0 Å². The van der Waals surface area contributed by atoms with Gasteiger partial charge in [-0.3, -0.25) is 4.79 Å². The number of anilines is 2. The molecule has 0 unspecified atom stereocenters. The molecule has 2 aromatic rings. The number of benzene rings is 2. The van der Waals surface area contributed by atoms with Gasteiger partial charge in [-0.05, 0) is 36.4 Å². The fourth-order valence-electron chi connectivity index (χ4n) is 2.61. The number of carbonyl (C=O) groups excluding carboxylic acids is 2. The number of halogens is 3. The summed E-state index contributed by atoms with van der Waals surface area (Å²) >= 11 is 5.83. The van der Waals surface area contributed by atoms with Gasteiger partial charge in [0, 0.05) is 29.7 Å². The Bertz CT molecular complexity index is 814.